The molecule has 0 aliphatic carbocycles. The lowest BCUT2D eigenvalue weighted by molar-refractivity contribution is -0.0660. The zero-order chi connectivity index (χ0) is 24.3. The van der Waals surface area contributed by atoms with E-state index in [1.165, 1.54) is 18.5 Å². The smallest absolute Gasteiger partial charge is 0.161 e. The minimum absolute atomic E-state index is 0.607. The summed E-state index contributed by atoms with van der Waals surface area (Å²) in [7, 11) is 0. The summed E-state index contributed by atoms with van der Waals surface area (Å²) in [4.78, 5) is 16.5. The van der Waals surface area contributed by atoms with Crippen molar-refractivity contribution in [2.45, 2.75) is 18.9 Å². The molecule has 3 saturated heterocycles. The van der Waals surface area contributed by atoms with Gasteiger partial charge >= 0.3 is 0 Å². The maximum absolute atomic E-state index is 9.73. The average molecular weight is 482 g/mol. The van der Waals surface area contributed by atoms with Gasteiger partial charge in [-0.15, -0.1) is 0 Å². The molecule has 0 spiro atoms. The molecule has 4 heterocycles. The van der Waals surface area contributed by atoms with Gasteiger partial charge in [-0.25, -0.2) is 9.97 Å². The second kappa shape index (κ2) is 10.1. The molecule has 3 aliphatic rings. The second-order valence-electron chi connectivity index (χ2n) is 9.69. The SMILES string of the molecule is N#Cc1cc(-c2nccc(Nc3ccc(N4CCN(C5COC5)CC4)cc3)n2)ccc1N1CCCC1. The van der Waals surface area contributed by atoms with Gasteiger partial charge < -0.3 is 19.9 Å². The van der Waals surface area contributed by atoms with E-state index < -0.39 is 0 Å². The van der Waals surface area contributed by atoms with Crippen LogP contribution in [0.4, 0.5) is 22.9 Å². The zero-order valence-electron chi connectivity index (χ0n) is 20.4. The van der Waals surface area contributed by atoms with Crippen LogP contribution in [0.25, 0.3) is 11.4 Å². The van der Waals surface area contributed by atoms with E-state index in [0.717, 1.165) is 75.2 Å². The number of ether oxygens (including phenoxy) is 1. The first kappa shape index (κ1) is 22.8. The quantitative estimate of drug-likeness (QED) is 0.568. The summed E-state index contributed by atoms with van der Waals surface area (Å²) in [6.07, 6.45) is 4.11. The van der Waals surface area contributed by atoms with Crippen LogP contribution in [0.15, 0.2) is 54.7 Å². The largest absolute Gasteiger partial charge is 0.378 e. The molecule has 0 radical (unpaired) electrons. The highest BCUT2D eigenvalue weighted by atomic mass is 16.5. The lowest BCUT2D eigenvalue weighted by Crippen LogP contribution is -2.56. The molecule has 8 nitrogen and oxygen atoms in total. The van der Waals surface area contributed by atoms with Crippen molar-refractivity contribution in [2.24, 2.45) is 0 Å². The van der Waals surface area contributed by atoms with Crippen molar-refractivity contribution in [3.05, 3.63) is 60.3 Å². The molecule has 2 aromatic carbocycles. The van der Waals surface area contributed by atoms with E-state index in [0.29, 0.717) is 17.4 Å². The molecule has 184 valence electrons. The summed E-state index contributed by atoms with van der Waals surface area (Å²) in [5, 5.41) is 13.1. The molecule has 3 aromatic rings. The number of nitriles is 1. The van der Waals surface area contributed by atoms with Crippen LogP contribution in [0.5, 0.6) is 0 Å². The summed E-state index contributed by atoms with van der Waals surface area (Å²) in [5.74, 6) is 1.34. The Morgan fingerprint density at radius 2 is 1.67 bits per heavy atom. The van der Waals surface area contributed by atoms with Crippen LogP contribution in [-0.4, -0.2) is 73.4 Å². The van der Waals surface area contributed by atoms with Crippen molar-refractivity contribution in [2.75, 3.05) is 67.6 Å². The Bertz CT molecular complexity index is 1240. The third kappa shape index (κ3) is 4.72. The number of nitrogens with zero attached hydrogens (tertiary/aromatic N) is 6. The van der Waals surface area contributed by atoms with E-state index in [2.05, 4.69) is 55.3 Å². The van der Waals surface area contributed by atoms with Gasteiger partial charge in [0.2, 0.25) is 0 Å². The molecule has 1 N–H and O–H groups in total. The van der Waals surface area contributed by atoms with Gasteiger partial charge in [-0.2, -0.15) is 5.26 Å². The van der Waals surface area contributed by atoms with Gasteiger partial charge in [0.15, 0.2) is 5.82 Å². The topological polar surface area (TPSA) is 80.5 Å². The number of benzene rings is 2. The van der Waals surface area contributed by atoms with Crippen molar-refractivity contribution in [1.82, 2.24) is 14.9 Å². The zero-order valence-corrected chi connectivity index (χ0v) is 20.4. The van der Waals surface area contributed by atoms with Gasteiger partial charge in [-0.05, 0) is 61.4 Å². The molecule has 0 amide bonds. The fourth-order valence-corrected chi connectivity index (χ4v) is 5.25. The van der Waals surface area contributed by atoms with Crippen molar-refractivity contribution < 1.29 is 4.74 Å². The Kier molecular flexibility index (Phi) is 6.41. The fraction of sp³-hybridized carbons (Fsp3) is 0.393. The van der Waals surface area contributed by atoms with E-state index in [4.69, 9.17) is 9.72 Å². The summed E-state index contributed by atoms with van der Waals surface area (Å²) in [6, 6.07) is 19.3. The van der Waals surface area contributed by atoms with E-state index in [9.17, 15) is 5.26 Å². The van der Waals surface area contributed by atoms with Crippen LogP contribution in [0, 0.1) is 11.3 Å². The normalized spacial score (nSPS) is 18.6. The van der Waals surface area contributed by atoms with Crippen LogP contribution < -0.4 is 15.1 Å². The van der Waals surface area contributed by atoms with Gasteiger partial charge in [-0.3, -0.25) is 4.90 Å². The number of anilines is 4. The summed E-state index contributed by atoms with van der Waals surface area (Å²) >= 11 is 0. The number of nitrogens with one attached hydrogen (secondary N) is 1. The third-order valence-electron chi connectivity index (χ3n) is 7.43. The number of hydrogen-bond donors (Lipinski definition) is 1. The molecule has 3 aliphatic heterocycles. The molecule has 36 heavy (non-hydrogen) atoms. The third-order valence-corrected chi connectivity index (χ3v) is 7.43. The first-order valence-electron chi connectivity index (χ1n) is 12.8. The Morgan fingerprint density at radius 1 is 0.889 bits per heavy atom. The van der Waals surface area contributed by atoms with Crippen LogP contribution in [0.2, 0.25) is 0 Å². The molecule has 0 saturated carbocycles. The number of piperazine rings is 1. The minimum Gasteiger partial charge on any atom is -0.378 e. The first-order chi connectivity index (χ1) is 17.8. The molecule has 1 aromatic heterocycles. The van der Waals surface area contributed by atoms with E-state index in [-0.39, 0.29) is 0 Å². The molecule has 3 fully saturated rings. The predicted molar refractivity (Wildman–Crippen MR) is 142 cm³/mol. The van der Waals surface area contributed by atoms with Gasteiger partial charge in [0, 0.05) is 62.4 Å². The summed E-state index contributed by atoms with van der Waals surface area (Å²) in [6.45, 7) is 8.04. The Labute approximate surface area is 212 Å². The maximum atomic E-state index is 9.73. The van der Waals surface area contributed by atoms with Gasteiger partial charge in [-0.1, -0.05) is 0 Å². The van der Waals surface area contributed by atoms with E-state index in [1.807, 2.05) is 24.3 Å². The van der Waals surface area contributed by atoms with Gasteiger partial charge in [0.1, 0.15) is 11.9 Å². The summed E-state index contributed by atoms with van der Waals surface area (Å²) < 4.78 is 5.34. The highest BCUT2D eigenvalue weighted by molar-refractivity contribution is 5.69. The van der Waals surface area contributed by atoms with Crippen molar-refractivity contribution >= 4 is 22.9 Å². The molecule has 6 rings (SSSR count). The Hall–Kier alpha value is -3.67. The van der Waals surface area contributed by atoms with Crippen LogP contribution in [0.1, 0.15) is 18.4 Å². The number of aromatic nitrogens is 2. The lowest BCUT2D eigenvalue weighted by Gasteiger charge is -2.43. The van der Waals surface area contributed by atoms with E-state index >= 15 is 0 Å². The predicted octanol–water partition coefficient (Wildman–Crippen LogP) is 3.88. The standard InChI is InChI=1S/C28H31N7O/c29-18-22-17-21(3-8-26(22)35-11-1-2-12-35)28-30-10-9-27(32-28)31-23-4-6-24(7-5-23)33-13-15-34(16-14-33)25-19-36-20-25/h3-10,17,25H,1-2,11-16,19-20H2,(H,30,31,32). The van der Waals surface area contributed by atoms with Crippen molar-refractivity contribution in [3.8, 4) is 17.5 Å². The second-order valence-corrected chi connectivity index (χ2v) is 9.69. The minimum atomic E-state index is 0.607. The highest BCUT2D eigenvalue weighted by Crippen LogP contribution is 2.29. The average Bonchev–Trinajstić information content (AvgIpc) is 3.43. The maximum Gasteiger partial charge on any atom is 0.161 e. The number of hydrogen-bond acceptors (Lipinski definition) is 8. The molecular weight excluding hydrogens is 450 g/mol. The van der Waals surface area contributed by atoms with Crippen molar-refractivity contribution in [3.63, 3.8) is 0 Å². The fourth-order valence-electron chi connectivity index (χ4n) is 5.25. The van der Waals surface area contributed by atoms with Crippen LogP contribution in [-0.2, 0) is 4.74 Å². The molecule has 0 bridgehead atoms. The monoisotopic (exact) mass is 481 g/mol. The lowest BCUT2D eigenvalue weighted by atomic mass is 10.1. The Balaban J connectivity index is 1.12. The van der Waals surface area contributed by atoms with E-state index in [1.54, 1.807) is 6.20 Å². The first-order valence-corrected chi connectivity index (χ1v) is 12.8. The molecular formula is C28H31N7O. The van der Waals surface area contributed by atoms with Crippen LogP contribution in [0.3, 0.4) is 0 Å². The van der Waals surface area contributed by atoms with Crippen LogP contribution >= 0.6 is 0 Å². The number of rotatable bonds is 6. The summed E-state index contributed by atoms with van der Waals surface area (Å²) in [5.41, 5.74) is 4.76. The Morgan fingerprint density at radius 3 is 2.36 bits per heavy atom. The molecule has 8 heteroatoms. The molecule has 0 unspecified atom stereocenters. The molecule has 0 atom stereocenters. The van der Waals surface area contributed by atoms with Gasteiger partial charge in [0.25, 0.3) is 0 Å². The highest BCUT2D eigenvalue weighted by Gasteiger charge is 2.28. The van der Waals surface area contributed by atoms with Gasteiger partial charge in [0.05, 0.1) is 30.5 Å². The van der Waals surface area contributed by atoms with Crippen molar-refractivity contribution in [1.29, 1.82) is 5.26 Å².